The van der Waals surface area contributed by atoms with E-state index in [1.807, 2.05) is 62.4 Å². The minimum absolute atomic E-state index is 0.506. The first kappa shape index (κ1) is 17.1. The molecule has 4 nitrogen and oxygen atoms in total. The Morgan fingerprint density at radius 2 is 1.77 bits per heavy atom. The molecule has 2 aromatic carbocycles. The molecule has 2 heterocycles. The quantitative estimate of drug-likeness (QED) is 0.415. The lowest BCUT2D eigenvalue weighted by Crippen LogP contribution is -1.94. The van der Waals surface area contributed by atoms with Gasteiger partial charge in [-0.05, 0) is 37.1 Å². The zero-order chi connectivity index (χ0) is 18.1. The van der Waals surface area contributed by atoms with E-state index in [9.17, 15) is 0 Å². The van der Waals surface area contributed by atoms with Crippen LogP contribution in [-0.4, -0.2) is 15.2 Å². The molecule has 0 aliphatic heterocycles. The maximum Gasteiger partial charge on any atom is 0.277 e. The molecule has 0 saturated heterocycles. The highest BCUT2D eigenvalue weighted by atomic mass is 35.5. The molecule has 0 radical (unpaired) electrons. The van der Waals surface area contributed by atoms with Gasteiger partial charge in [-0.15, -0.1) is 10.2 Å². The van der Waals surface area contributed by atoms with Crippen LogP contribution < -0.4 is 0 Å². The lowest BCUT2D eigenvalue weighted by molar-refractivity contribution is 0.465. The molecule has 26 heavy (non-hydrogen) atoms. The number of para-hydroxylation sites is 1. The summed E-state index contributed by atoms with van der Waals surface area (Å²) in [5, 5.41) is 10.6. The Hall–Kier alpha value is -2.37. The molecule has 0 spiro atoms. The van der Waals surface area contributed by atoms with Crippen LogP contribution in [0.15, 0.2) is 58.2 Å². The predicted octanol–water partition coefficient (Wildman–Crippen LogP) is 5.85. The molecule has 0 saturated carbocycles. The molecule has 0 bridgehead atoms. The number of fused-ring (bicyclic) bond motifs is 1. The lowest BCUT2D eigenvalue weighted by atomic mass is 10.1. The van der Waals surface area contributed by atoms with E-state index in [1.165, 1.54) is 11.8 Å². The van der Waals surface area contributed by atoms with Crippen LogP contribution in [0.4, 0.5) is 0 Å². The van der Waals surface area contributed by atoms with Crippen LogP contribution in [0.2, 0.25) is 5.02 Å². The van der Waals surface area contributed by atoms with Gasteiger partial charge in [0.1, 0.15) is 0 Å². The van der Waals surface area contributed by atoms with E-state index in [4.69, 9.17) is 16.0 Å². The van der Waals surface area contributed by atoms with Crippen LogP contribution >= 0.6 is 23.4 Å². The van der Waals surface area contributed by atoms with E-state index in [2.05, 4.69) is 15.2 Å². The summed E-state index contributed by atoms with van der Waals surface area (Å²) in [6.45, 7) is 4.04. The van der Waals surface area contributed by atoms with Crippen molar-refractivity contribution in [2.24, 2.45) is 0 Å². The van der Waals surface area contributed by atoms with Crippen molar-refractivity contribution in [2.45, 2.75) is 24.8 Å². The van der Waals surface area contributed by atoms with Crippen molar-refractivity contribution in [3.05, 3.63) is 70.4 Å². The molecule has 6 heteroatoms. The van der Waals surface area contributed by atoms with Crippen molar-refractivity contribution in [3.8, 4) is 11.5 Å². The number of hydrogen-bond acceptors (Lipinski definition) is 5. The number of aromatic nitrogens is 3. The van der Waals surface area contributed by atoms with Crippen LogP contribution in [0.1, 0.15) is 16.8 Å². The molecule has 0 unspecified atom stereocenters. The van der Waals surface area contributed by atoms with Gasteiger partial charge in [0, 0.05) is 16.7 Å². The third-order valence-corrected chi connectivity index (χ3v) is 5.59. The van der Waals surface area contributed by atoms with Gasteiger partial charge in [-0.1, -0.05) is 59.8 Å². The number of halogens is 1. The van der Waals surface area contributed by atoms with Gasteiger partial charge < -0.3 is 4.42 Å². The van der Waals surface area contributed by atoms with Crippen LogP contribution in [-0.2, 0) is 5.75 Å². The fourth-order valence-corrected chi connectivity index (χ4v) is 3.83. The summed E-state index contributed by atoms with van der Waals surface area (Å²) in [4.78, 5) is 4.69. The number of thioether (sulfide) groups is 1. The first-order chi connectivity index (χ1) is 12.6. The number of hydrogen-bond donors (Lipinski definition) is 0. The van der Waals surface area contributed by atoms with Crippen LogP contribution in [0, 0.1) is 13.8 Å². The summed E-state index contributed by atoms with van der Waals surface area (Å²) in [7, 11) is 0. The monoisotopic (exact) mass is 381 g/mol. The van der Waals surface area contributed by atoms with Crippen LogP contribution in [0.3, 0.4) is 0 Å². The van der Waals surface area contributed by atoms with E-state index < -0.39 is 0 Å². The third kappa shape index (κ3) is 3.20. The number of nitrogens with zero attached hydrogens (tertiary/aromatic N) is 3. The second-order valence-electron chi connectivity index (χ2n) is 5.99. The topological polar surface area (TPSA) is 51.8 Å². The number of pyridine rings is 1. The van der Waals surface area contributed by atoms with Crippen molar-refractivity contribution in [2.75, 3.05) is 0 Å². The molecule has 4 rings (SSSR count). The number of rotatable bonds is 4. The molecule has 130 valence electrons. The smallest absolute Gasteiger partial charge is 0.277 e. The van der Waals surface area contributed by atoms with Gasteiger partial charge in [0.2, 0.25) is 5.89 Å². The maximum atomic E-state index is 6.52. The summed E-state index contributed by atoms with van der Waals surface area (Å²) in [6, 6.07) is 15.9. The Balaban J connectivity index is 1.58. The van der Waals surface area contributed by atoms with Gasteiger partial charge in [-0.3, -0.25) is 4.98 Å². The summed E-state index contributed by atoms with van der Waals surface area (Å²) in [5.41, 5.74) is 4.85. The van der Waals surface area contributed by atoms with Gasteiger partial charge in [0.05, 0.1) is 16.2 Å². The fraction of sp³-hybridized carbons (Fsp3) is 0.150. The molecule has 0 N–H and O–H groups in total. The average Bonchev–Trinajstić information content (AvgIpc) is 3.13. The second-order valence-corrected chi connectivity index (χ2v) is 7.30. The largest absolute Gasteiger partial charge is 0.411 e. The van der Waals surface area contributed by atoms with Crippen molar-refractivity contribution in [1.29, 1.82) is 0 Å². The SMILES string of the molecule is Cc1ccccc1-c1nnc(SCc2nc3ccccc3c(C)c2Cl)o1. The Labute approximate surface area is 160 Å². The Bertz CT molecular complexity index is 1090. The van der Waals surface area contributed by atoms with Gasteiger partial charge >= 0.3 is 0 Å². The maximum absolute atomic E-state index is 6.52. The molecule has 0 atom stereocenters. The van der Waals surface area contributed by atoms with Crippen LogP contribution in [0.25, 0.3) is 22.4 Å². The fourth-order valence-electron chi connectivity index (χ4n) is 2.83. The number of aryl methyl sites for hydroxylation is 2. The van der Waals surface area contributed by atoms with E-state index in [-0.39, 0.29) is 0 Å². The van der Waals surface area contributed by atoms with Crippen molar-refractivity contribution in [3.63, 3.8) is 0 Å². The first-order valence-corrected chi connectivity index (χ1v) is 9.56. The van der Waals surface area contributed by atoms with Crippen molar-refractivity contribution >= 4 is 34.3 Å². The highest BCUT2D eigenvalue weighted by Gasteiger charge is 2.14. The van der Waals surface area contributed by atoms with E-state index in [0.717, 1.165) is 33.3 Å². The first-order valence-electron chi connectivity index (χ1n) is 8.19. The zero-order valence-electron chi connectivity index (χ0n) is 14.4. The number of benzene rings is 2. The Morgan fingerprint density at radius 1 is 1.00 bits per heavy atom. The van der Waals surface area contributed by atoms with Gasteiger partial charge in [0.25, 0.3) is 5.22 Å². The molecular formula is C20H16ClN3OS. The average molecular weight is 382 g/mol. The zero-order valence-corrected chi connectivity index (χ0v) is 15.9. The summed E-state index contributed by atoms with van der Waals surface area (Å²) in [6.07, 6.45) is 0. The standard InChI is InChI=1S/C20H16ClN3OS/c1-12-7-3-4-8-14(12)19-23-24-20(25-19)26-11-17-18(21)13(2)15-9-5-6-10-16(15)22-17/h3-10H,11H2,1-2H3. The summed E-state index contributed by atoms with van der Waals surface area (Å²) in [5.74, 6) is 1.10. The van der Waals surface area contributed by atoms with Crippen LogP contribution in [0.5, 0.6) is 0 Å². The second kappa shape index (κ2) is 7.09. The minimum atomic E-state index is 0.506. The minimum Gasteiger partial charge on any atom is -0.411 e. The van der Waals surface area contributed by atoms with E-state index in [0.29, 0.717) is 21.9 Å². The molecular weight excluding hydrogens is 366 g/mol. The Kier molecular flexibility index (Phi) is 4.66. The predicted molar refractivity (Wildman–Crippen MR) is 106 cm³/mol. The van der Waals surface area contributed by atoms with Gasteiger partial charge in [-0.25, -0.2) is 0 Å². The Morgan fingerprint density at radius 3 is 2.62 bits per heavy atom. The van der Waals surface area contributed by atoms with Crippen molar-refractivity contribution in [1.82, 2.24) is 15.2 Å². The molecule has 4 aromatic rings. The third-order valence-electron chi connectivity index (χ3n) is 4.26. The summed E-state index contributed by atoms with van der Waals surface area (Å²) < 4.78 is 5.80. The lowest BCUT2D eigenvalue weighted by Gasteiger charge is -2.08. The van der Waals surface area contributed by atoms with E-state index >= 15 is 0 Å². The van der Waals surface area contributed by atoms with Gasteiger partial charge in [0.15, 0.2) is 0 Å². The molecule has 0 aliphatic carbocycles. The molecule has 0 aliphatic rings. The van der Waals surface area contributed by atoms with Gasteiger partial charge in [-0.2, -0.15) is 0 Å². The summed E-state index contributed by atoms with van der Waals surface area (Å²) >= 11 is 7.96. The molecule has 2 aromatic heterocycles. The normalized spacial score (nSPS) is 11.2. The van der Waals surface area contributed by atoms with E-state index in [1.54, 1.807) is 0 Å². The highest BCUT2D eigenvalue weighted by molar-refractivity contribution is 7.98. The molecule has 0 fully saturated rings. The molecule has 0 amide bonds. The highest BCUT2D eigenvalue weighted by Crippen LogP contribution is 2.32. The van der Waals surface area contributed by atoms with Crippen molar-refractivity contribution < 1.29 is 4.42 Å².